The molecular formula is C16H29NO. The van der Waals surface area contributed by atoms with Gasteiger partial charge in [0.2, 0.25) is 0 Å². The summed E-state index contributed by atoms with van der Waals surface area (Å²) in [7, 11) is 0. The van der Waals surface area contributed by atoms with Crippen LogP contribution < -0.4 is 5.32 Å². The molecule has 104 valence electrons. The van der Waals surface area contributed by atoms with Gasteiger partial charge in [-0.3, -0.25) is 0 Å². The fraction of sp³-hybridized carbons (Fsp3) is 1.00. The highest BCUT2D eigenvalue weighted by Gasteiger charge is 2.47. The number of ether oxygens (including phenoxy) is 1. The summed E-state index contributed by atoms with van der Waals surface area (Å²) in [4.78, 5) is 0. The van der Waals surface area contributed by atoms with Gasteiger partial charge in [0, 0.05) is 12.6 Å². The first-order chi connectivity index (χ1) is 8.80. The van der Waals surface area contributed by atoms with Crippen molar-refractivity contribution in [3.8, 4) is 0 Å². The van der Waals surface area contributed by atoms with Crippen molar-refractivity contribution in [1.82, 2.24) is 5.32 Å². The van der Waals surface area contributed by atoms with Gasteiger partial charge in [-0.1, -0.05) is 39.0 Å². The second-order valence-electron chi connectivity index (χ2n) is 6.94. The molecule has 1 spiro atoms. The molecule has 3 rings (SSSR count). The minimum atomic E-state index is 0.192. The lowest BCUT2D eigenvalue weighted by Crippen LogP contribution is -2.62. The molecule has 2 saturated carbocycles. The molecule has 18 heavy (non-hydrogen) atoms. The highest BCUT2D eigenvalue weighted by molar-refractivity contribution is 5.02. The summed E-state index contributed by atoms with van der Waals surface area (Å²) in [6.07, 6.45) is 12.5. The van der Waals surface area contributed by atoms with E-state index >= 15 is 0 Å². The van der Waals surface area contributed by atoms with E-state index in [1.807, 2.05) is 0 Å². The zero-order valence-corrected chi connectivity index (χ0v) is 11.9. The van der Waals surface area contributed by atoms with Gasteiger partial charge in [-0.05, 0) is 37.5 Å². The molecule has 0 bridgehead atoms. The van der Waals surface area contributed by atoms with Gasteiger partial charge in [0.1, 0.15) is 0 Å². The Morgan fingerprint density at radius 3 is 2.67 bits per heavy atom. The fourth-order valence-electron chi connectivity index (χ4n) is 4.77. The van der Waals surface area contributed by atoms with Crippen LogP contribution in [0.3, 0.4) is 0 Å². The van der Waals surface area contributed by atoms with E-state index in [2.05, 4.69) is 12.2 Å². The van der Waals surface area contributed by atoms with Gasteiger partial charge < -0.3 is 10.1 Å². The van der Waals surface area contributed by atoms with E-state index in [1.165, 1.54) is 57.8 Å². The molecular weight excluding hydrogens is 222 g/mol. The number of morpholine rings is 1. The third-order valence-corrected chi connectivity index (χ3v) is 5.53. The van der Waals surface area contributed by atoms with Crippen molar-refractivity contribution in [2.24, 2.45) is 11.8 Å². The van der Waals surface area contributed by atoms with E-state index in [9.17, 15) is 0 Å². The van der Waals surface area contributed by atoms with Gasteiger partial charge in [-0.2, -0.15) is 0 Å². The molecule has 0 aromatic rings. The molecule has 3 aliphatic rings. The monoisotopic (exact) mass is 251 g/mol. The van der Waals surface area contributed by atoms with Crippen LogP contribution in [0.15, 0.2) is 0 Å². The molecule has 3 unspecified atom stereocenters. The number of rotatable bonds is 1. The Morgan fingerprint density at radius 1 is 1.06 bits per heavy atom. The zero-order chi connectivity index (χ0) is 12.4. The molecule has 2 aliphatic carbocycles. The van der Waals surface area contributed by atoms with Crippen LogP contribution in [0.1, 0.15) is 64.7 Å². The van der Waals surface area contributed by atoms with Crippen LogP contribution in [0.5, 0.6) is 0 Å². The molecule has 3 atom stereocenters. The van der Waals surface area contributed by atoms with E-state index in [4.69, 9.17) is 4.74 Å². The Kier molecular flexibility index (Phi) is 3.95. The maximum atomic E-state index is 6.38. The normalized spacial score (nSPS) is 43.2. The van der Waals surface area contributed by atoms with Crippen molar-refractivity contribution in [3.05, 3.63) is 0 Å². The molecule has 3 fully saturated rings. The summed E-state index contributed by atoms with van der Waals surface area (Å²) < 4.78 is 6.38. The molecule has 1 aliphatic heterocycles. The Labute approximate surface area is 112 Å². The van der Waals surface area contributed by atoms with Crippen molar-refractivity contribution >= 4 is 0 Å². The average Bonchev–Trinajstić information content (AvgIpc) is 2.40. The number of nitrogens with one attached hydrogen (secondary N) is 1. The Hall–Kier alpha value is -0.0800. The highest BCUT2D eigenvalue weighted by Crippen LogP contribution is 2.43. The van der Waals surface area contributed by atoms with Crippen LogP contribution >= 0.6 is 0 Å². The summed E-state index contributed by atoms with van der Waals surface area (Å²) in [6, 6.07) is 0.647. The van der Waals surface area contributed by atoms with E-state index in [1.54, 1.807) is 0 Å². The quantitative estimate of drug-likeness (QED) is 0.770. The van der Waals surface area contributed by atoms with E-state index in [0.29, 0.717) is 6.04 Å². The Balaban J connectivity index is 1.75. The molecule has 0 aromatic carbocycles. The predicted octanol–water partition coefficient (Wildman–Crippen LogP) is 3.50. The molecule has 0 radical (unpaired) electrons. The first-order valence-electron chi connectivity index (χ1n) is 8.17. The summed E-state index contributed by atoms with van der Waals surface area (Å²) in [6.45, 7) is 4.41. The molecule has 1 N–H and O–H groups in total. The van der Waals surface area contributed by atoms with Crippen molar-refractivity contribution in [2.45, 2.75) is 76.4 Å². The predicted molar refractivity (Wildman–Crippen MR) is 74.7 cm³/mol. The van der Waals surface area contributed by atoms with Crippen LogP contribution in [-0.4, -0.2) is 24.8 Å². The smallest absolute Gasteiger partial charge is 0.0840 e. The average molecular weight is 251 g/mol. The largest absolute Gasteiger partial charge is 0.372 e. The maximum absolute atomic E-state index is 6.38. The minimum Gasteiger partial charge on any atom is -0.372 e. The summed E-state index contributed by atoms with van der Waals surface area (Å²) in [5.41, 5.74) is 0.192. The van der Waals surface area contributed by atoms with E-state index in [0.717, 1.165) is 25.0 Å². The second-order valence-corrected chi connectivity index (χ2v) is 6.94. The topological polar surface area (TPSA) is 21.3 Å². The maximum Gasteiger partial charge on any atom is 0.0840 e. The van der Waals surface area contributed by atoms with Crippen LogP contribution in [0.4, 0.5) is 0 Å². The second kappa shape index (κ2) is 5.50. The lowest BCUT2D eigenvalue weighted by atomic mass is 9.68. The minimum absolute atomic E-state index is 0.192. The molecule has 0 amide bonds. The summed E-state index contributed by atoms with van der Waals surface area (Å²) >= 11 is 0. The van der Waals surface area contributed by atoms with Crippen LogP contribution in [0.25, 0.3) is 0 Å². The van der Waals surface area contributed by atoms with Crippen molar-refractivity contribution in [3.63, 3.8) is 0 Å². The van der Waals surface area contributed by atoms with Gasteiger partial charge in [0.05, 0.1) is 12.2 Å². The summed E-state index contributed by atoms with van der Waals surface area (Å²) in [5.74, 6) is 1.73. The molecule has 0 aromatic heterocycles. The van der Waals surface area contributed by atoms with E-state index < -0.39 is 0 Å². The van der Waals surface area contributed by atoms with Gasteiger partial charge in [-0.15, -0.1) is 0 Å². The lowest BCUT2D eigenvalue weighted by molar-refractivity contribution is -0.141. The molecule has 2 nitrogen and oxygen atoms in total. The standard InChI is InChI=1S/C16H29NO/c1-13-6-5-9-16(12-13)15(17-10-11-18-16)14-7-3-2-4-8-14/h13-15,17H,2-12H2,1H3. The summed E-state index contributed by atoms with van der Waals surface area (Å²) in [5, 5.41) is 3.84. The Bertz CT molecular complexity index is 270. The van der Waals surface area contributed by atoms with Crippen LogP contribution in [0, 0.1) is 11.8 Å². The Morgan fingerprint density at radius 2 is 1.89 bits per heavy atom. The third-order valence-electron chi connectivity index (χ3n) is 5.53. The number of hydrogen-bond acceptors (Lipinski definition) is 2. The van der Waals surface area contributed by atoms with Gasteiger partial charge in [0.15, 0.2) is 0 Å². The van der Waals surface area contributed by atoms with Gasteiger partial charge in [-0.25, -0.2) is 0 Å². The highest BCUT2D eigenvalue weighted by atomic mass is 16.5. The molecule has 2 heteroatoms. The molecule has 1 heterocycles. The van der Waals surface area contributed by atoms with Crippen molar-refractivity contribution < 1.29 is 4.74 Å². The van der Waals surface area contributed by atoms with Gasteiger partial charge in [0.25, 0.3) is 0 Å². The van der Waals surface area contributed by atoms with Crippen molar-refractivity contribution in [2.75, 3.05) is 13.2 Å². The lowest BCUT2D eigenvalue weighted by Gasteiger charge is -2.51. The first-order valence-corrected chi connectivity index (χ1v) is 8.17. The SMILES string of the molecule is CC1CCCC2(C1)OCCNC2C1CCCCC1. The fourth-order valence-corrected chi connectivity index (χ4v) is 4.77. The number of hydrogen-bond donors (Lipinski definition) is 1. The third kappa shape index (κ3) is 2.46. The van der Waals surface area contributed by atoms with Crippen molar-refractivity contribution in [1.29, 1.82) is 0 Å². The van der Waals surface area contributed by atoms with E-state index in [-0.39, 0.29) is 5.60 Å². The van der Waals surface area contributed by atoms with Crippen LogP contribution in [-0.2, 0) is 4.74 Å². The first kappa shape index (κ1) is 12.9. The van der Waals surface area contributed by atoms with Crippen LogP contribution in [0.2, 0.25) is 0 Å². The van der Waals surface area contributed by atoms with Gasteiger partial charge >= 0.3 is 0 Å². The zero-order valence-electron chi connectivity index (χ0n) is 11.9. The molecule has 1 saturated heterocycles.